The van der Waals surface area contributed by atoms with E-state index in [4.69, 9.17) is 5.84 Å². The van der Waals surface area contributed by atoms with Crippen molar-refractivity contribution in [1.29, 1.82) is 0 Å². The van der Waals surface area contributed by atoms with E-state index in [0.29, 0.717) is 0 Å². The highest BCUT2D eigenvalue weighted by Crippen LogP contribution is 1.98. The van der Waals surface area contributed by atoms with Crippen LogP contribution in [0.5, 0.6) is 0 Å². The Hall–Kier alpha value is -0.530. The lowest BCUT2D eigenvalue weighted by Gasteiger charge is -1.97. The lowest BCUT2D eigenvalue weighted by molar-refractivity contribution is 0.822. The molecule has 0 aromatic carbocycles. The first kappa shape index (κ1) is 8.47. The van der Waals surface area contributed by atoms with Gasteiger partial charge in [-0.3, -0.25) is 0 Å². The molecule has 54 valence electrons. The predicted molar refractivity (Wildman–Crippen MR) is 41.4 cm³/mol. The van der Waals surface area contributed by atoms with Crippen LogP contribution < -0.4 is 5.84 Å². The van der Waals surface area contributed by atoms with Gasteiger partial charge >= 0.3 is 0 Å². The minimum Gasteiger partial charge on any atom is -0.323 e. The number of rotatable bonds is 4. The Kier molecular flexibility index (Phi) is 5.27. The zero-order valence-corrected chi connectivity index (χ0v) is 6.35. The SMILES string of the molecule is CCCCC(CC)=NN. The molecule has 0 unspecified atom stereocenters. The zero-order valence-electron chi connectivity index (χ0n) is 6.35. The van der Waals surface area contributed by atoms with Crippen LogP contribution in [0, 0.1) is 0 Å². The summed E-state index contributed by atoms with van der Waals surface area (Å²) in [5.74, 6) is 5.11. The summed E-state index contributed by atoms with van der Waals surface area (Å²) in [6.07, 6.45) is 4.50. The average molecular weight is 128 g/mol. The number of hydrogen-bond acceptors (Lipinski definition) is 2. The van der Waals surface area contributed by atoms with E-state index in [1.165, 1.54) is 12.8 Å². The van der Waals surface area contributed by atoms with Crippen molar-refractivity contribution in [2.45, 2.75) is 39.5 Å². The van der Waals surface area contributed by atoms with Gasteiger partial charge in [0.15, 0.2) is 0 Å². The Bertz CT molecular complexity index is 86.9. The van der Waals surface area contributed by atoms with Gasteiger partial charge in [0.1, 0.15) is 0 Å². The molecule has 0 radical (unpaired) electrons. The van der Waals surface area contributed by atoms with Crippen LogP contribution in [0.1, 0.15) is 39.5 Å². The molecule has 0 bridgehead atoms. The molecule has 0 fully saturated rings. The molecule has 0 spiro atoms. The third-order valence-electron chi connectivity index (χ3n) is 1.41. The second kappa shape index (κ2) is 5.60. The van der Waals surface area contributed by atoms with Crippen LogP contribution in [0.4, 0.5) is 0 Å². The van der Waals surface area contributed by atoms with Crippen molar-refractivity contribution in [2.75, 3.05) is 0 Å². The van der Waals surface area contributed by atoms with Crippen LogP contribution in [-0.2, 0) is 0 Å². The smallest absolute Gasteiger partial charge is 0.0373 e. The quantitative estimate of drug-likeness (QED) is 0.350. The van der Waals surface area contributed by atoms with Crippen molar-refractivity contribution in [1.82, 2.24) is 0 Å². The molecule has 0 saturated carbocycles. The van der Waals surface area contributed by atoms with E-state index in [2.05, 4.69) is 18.9 Å². The van der Waals surface area contributed by atoms with Gasteiger partial charge in [-0.15, -0.1) is 0 Å². The molecule has 0 rings (SSSR count). The summed E-state index contributed by atoms with van der Waals surface area (Å²) in [5.41, 5.74) is 1.14. The highest BCUT2D eigenvalue weighted by atomic mass is 15.1. The van der Waals surface area contributed by atoms with Crippen molar-refractivity contribution in [3.8, 4) is 0 Å². The molecule has 2 heteroatoms. The fraction of sp³-hybridized carbons (Fsp3) is 0.857. The van der Waals surface area contributed by atoms with Crippen molar-refractivity contribution in [2.24, 2.45) is 10.9 Å². The molecule has 0 aromatic rings. The third-order valence-corrected chi connectivity index (χ3v) is 1.41. The third kappa shape index (κ3) is 4.01. The first-order valence-corrected chi connectivity index (χ1v) is 3.60. The molecule has 0 heterocycles. The minimum atomic E-state index is 0.997. The Morgan fingerprint density at radius 2 is 2.11 bits per heavy atom. The Morgan fingerprint density at radius 3 is 2.44 bits per heavy atom. The van der Waals surface area contributed by atoms with Crippen molar-refractivity contribution in [3.05, 3.63) is 0 Å². The van der Waals surface area contributed by atoms with E-state index in [0.717, 1.165) is 18.6 Å². The highest BCUT2D eigenvalue weighted by molar-refractivity contribution is 5.83. The zero-order chi connectivity index (χ0) is 7.11. The summed E-state index contributed by atoms with van der Waals surface area (Å²) in [4.78, 5) is 0. The fourth-order valence-corrected chi connectivity index (χ4v) is 0.713. The van der Waals surface area contributed by atoms with E-state index < -0.39 is 0 Å². The molecule has 0 amide bonds. The van der Waals surface area contributed by atoms with E-state index >= 15 is 0 Å². The molecule has 0 atom stereocenters. The predicted octanol–water partition coefficient (Wildman–Crippen LogP) is 1.90. The van der Waals surface area contributed by atoms with Crippen LogP contribution in [0.25, 0.3) is 0 Å². The Labute approximate surface area is 57.1 Å². The molecular weight excluding hydrogens is 112 g/mol. The number of nitrogens with two attached hydrogens (primary N) is 1. The standard InChI is InChI=1S/C7H16N2/c1-3-5-6-7(4-2)9-8/h3-6,8H2,1-2H3. The first-order chi connectivity index (χ1) is 4.35. The molecule has 2 nitrogen and oxygen atoms in total. The monoisotopic (exact) mass is 128 g/mol. The van der Waals surface area contributed by atoms with Gasteiger partial charge in [-0.05, 0) is 19.3 Å². The lowest BCUT2D eigenvalue weighted by atomic mass is 10.1. The van der Waals surface area contributed by atoms with E-state index in [1.807, 2.05) is 0 Å². The number of hydrogen-bond donors (Lipinski definition) is 1. The van der Waals surface area contributed by atoms with Crippen LogP contribution in [0.2, 0.25) is 0 Å². The summed E-state index contributed by atoms with van der Waals surface area (Å²) < 4.78 is 0. The molecule has 0 aliphatic heterocycles. The highest BCUT2D eigenvalue weighted by Gasteiger charge is 1.92. The summed E-state index contributed by atoms with van der Waals surface area (Å²) in [5, 5.41) is 3.66. The molecule has 0 saturated heterocycles. The van der Waals surface area contributed by atoms with Crippen LogP contribution in [0.15, 0.2) is 5.10 Å². The number of unbranched alkanes of at least 4 members (excludes halogenated alkanes) is 1. The molecule has 0 aliphatic rings. The summed E-state index contributed by atoms with van der Waals surface area (Å²) >= 11 is 0. The van der Waals surface area contributed by atoms with Gasteiger partial charge in [0.05, 0.1) is 0 Å². The van der Waals surface area contributed by atoms with Gasteiger partial charge in [0.2, 0.25) is 0 Å². The molecule has 9 heavy (non-hydrogen) atoms. The van der Waals surface area contributed by atoms with Crippen molar-refractivity contribution < 1.29 is 0 Å². The first-order valence-electron chi connectivity index (χ1n) is 3.60. The lowest BCUT2D eigenvalue weighted by Crippen LogP contribution is -1.99. The second-order valence-electron chi connectivity index (χ2n) is 2.15. The van der Waals surface area contributed by atoms with Gasteiger partial charge in [0.25, 0.3) is 0 Å². The average Bonchev–Trinajstić information content (AvgIpc) is 1.91. The van der Waals surface area contributed by atoms with Crippen molar-refractivity contribution >= 4 is 5.71 Å². The Balaban J connectivity index is 3.33. The van der Waals surface area contributed by atoms with E-state index in [1.54, 1.807) is 0 Å². The van der Waals surface area contributed by atoms with Crippen LogP contribution in [-0.4, -0.2) is 5.71 Å². The number of hydrazone groups is 1. The maximum atomic E-state index is 5.11. The van der Waals surface area contributed by atoms with Crippen LogP contribution >= 0.6 is 0 Å². The topological polar surface area (TPSA) is 38.4 Å². The largest absolute Gasteiger partial charge is 0.323 e. The van der Waals surface area contributed by atoms with Crippen molar-refractivity contribution in [3.63, 3.8) is 0 Å². The molecule has 2 N–H and O–H groups in total. The van der Waals surface area contributed by atoms with Crippen LogP contribution in [0.3, 0.4) is 0 Å². The summed E-state index contributed by atoms with van der Waals surface area (Å²) in [7, 11) is 0. The fourth-order valence-electron chi connectivity index (χ4n) is 0.713. The van der Waals surface area contributed by atoms with Gasteiger partial charge in [-0.2, -0.15) is 5.10 Å². The van der Waals surface area contributed by atoms with E-state index in [-0.39, 0.29) is 0 Å². The summed E-state index contributed by atoms with van der Waals surface area (Å²) in [6, 6.07) is 0. The Morgan fingerprint density at radius 1 is 1.44 bits per heavy atom. The minimum absolute atomic E-state index is 0.997. The molecular formula is C7H16N2. The molecule has 0 aromatic heterocycles. The normalized spacial score (nSPS) is 12.0. The maximum absolute atomic E-state index is 5.11. The second-order valence-corrected chi connectivity index (χ2v) is 2.15. The van der Waals surface area contributed by atoms with Gasteiger partial charge < -0.3 is 5.84 Å². The van der Waals surface area contributed by atoms with Gasteiger partial charge in [-0.1, -0.05) is 20.3 Å². The number of nitrogens with zero attached hydrogens (tertiary/aromatic N) is 1. The van der Waals surface area contributed by atoms with E-state index in [9.17, 15) is 0 Å². The maximum Gasteiger partial charge on any atom is 0.0373 e. The van der Waals surface area contributed by atoms with Gasteiger partial charge in [-0.25, -0.2) is 0 Å². The molecule has 0 aliphatic carbocycles. The van der Waals surface area contributed by atoms with Gasteiger partial charge in [0, 0.05) is 5.71 Å². The summed E-state index contributed by atoms with van der Waals surface area (Å²) in [6.45, 7) is 4.26.